The lowest BCUT2D eigenvalue weighted by Gasteiger charge is -2.17. The van der Waals surface area contributed by atoms with Gasteiger partial charge in [-0.2, -0.15) is 0 Å². The number of benzene rings is 1. The van der Waals surface area contributed by atoms with Crippen molar-refractivity contribution in [2.24, 2.45) is 0 Å². The second kappa shape index (κ2) is 5.45. The van der Waals surface area contributed by atoms with E-state index in [1.165, 1.54) is 6.07 Å². The SMILES string of the molecule is Cc1ccc(F)c(NC(C)c2c(C)nc(C)[nH]c2=O)c1. The number of hydrogen-bond acceptors (Lipinski definition) is 3. The van der Waals surface area contributed by atoms with Crippen LogP contribution in [0.5, 0.6) is 0 Å². The largest absolute Gasteiger partial charge is 0.376 e. The minimum atomic E-state index is -0.336. The van der Waals surface area contributed by atoms with Gasteiger partial charge in [-0.25, -0.2) is 9.37 Å². The molecule has 1 aromatic carbocycles. The van der Waals surface area contributed by atoms with Gasteiger partial charge in [-0.3, -0.25) is 4.79 Å². The molecule has 0 saturated heterocycles. The number of aromatic amines is 1. The van der Waals surface area contributed by atoms with Crippen LogP contribution in [0.4, 0.5) is 10.1 Å². The Morgan fingerprint density at radius 3 is 2.65 bits per heavy atom. The highest BCUT2D eigenvalue weighted by Crippen LogP contribution is 2.22. The number of anilines is 1. The Hall–Kier alpha value is -2.17. The molecule has 0 spiro atoms. The van der Waals surface area contributed by atoms with Gasteiger partial charge in [0.25, 0.3) is 5.56 Å². The van der Waals surface area contributed by atoms with E-state index in [-0.39, 0.29) is 17.4 Å². The molecule has 20 heavy (non-hydrogen) atoms. The molecular formula is C15H18FN3O. The topological polar surface area (TPSA) is 57.8 Å². The maximum atomic E-state index is 13.7. The van der Waals surface area contributed by atoms with Crippen LogP contribution in [0.3, 0.4) is 0 Å². The quantitative estimate of drug-likeness (QED) is 0.905. The Morgan fingerprint density at radius 2 is 2.00 bits per heavy atom. The van der Waals surface area contributed by atoms with E-state index in [2.05, 4.69) is 15.3 Å². The van der Waals surface area contributed by atoms with Crippen LogP contribution in [0.2, 0.25) is 0 Å². The van der Waals surface area contributed by atoms with Crippen LogP contribution < -0.4 is 10.9 Å². The summed E-state index contributed by atoms with van der Waals surface area (Å²) in [7, 11) is 0. The number of hydrogen-bond donors (Lipinski definition) is 2. The normalized spacial score (nSPS) is 12.2. The van der Waals surface area contributed by atoms with Gasteiger partial charge in [0, 0.05) is 0 Å². The maximum Gasteiger partial charge on any atom is 0.256 e. The van der Waals surface area contributed by atoms with E-state index in [1.807, 2.05) is 13.8 Å². The van der Waals surface area contributed by atoms with E-state index in [0.29, 0.717) is 22.8 Å². The van der Waals surface area contributed by atoms with Crippen molar-refractivity contribution in [3.63, 3.8) is 0 Å². The number of H-pyrrole nitrogens is 1. The second-order valence-electron chi connectivity index (χ2n) is 5.00. The van der Waals surface area contributed by atoms with Crippen molar-refractivity contribution >= 4 is 5.69 Å². The molecule has 5 heteroatoms. The zero-order chi connectivity index (χ0) is 14.9. The summed E-state index contributed by atoms with van der Waals surface area (Å²) < 4.78 is 13.7. The van der Waals surface area contributed by atoms with E-state index in [9.17, 15) is 9.18 Å². The Balaban J connectivity index is 2.36. The van der Waals surface area contributed by atoms with Crippen LogP contribution >= 0.6 is 0 Å². The molecular weight excluding hydrogens is 257 g/mol. The summed E-state index contributed by atoms with van der Waals surface area (Å²) in [6.45, 7) is 7.22. The van der Waals surface area contributed by atoms with E-state index < -0.39 is 0 Å². The lowest BCUT2D eigenvalue weighted by Crippen LogP contribution is -2.23. The number of nitrogens with one attached hydrogen (secondary N) is 2. The van der Waals surface area contributed by atoms with Crippen LogP contribution in [0, 0.1) is 26.6 Å². The number of rotatable bonds is 3. The molecule has 0 fully saturated rings. The molecule has 4 nitrogen and oxygen atoms in total. The Kier molecular flexibility index (Phi) is 3.88. The van der Waals surface area contributed by atoms with E-state index in [4.69, 9.17) is 0 Å². The molecule has 1 atom stereocenters. The van der Waals surface area contributed by atoms with Gasteiger partial charge in [-0.15, -0.1) is 0 Å². The smallest absolute Gasteiger partial charge is 0.256 e. The molecule has 2 N–H and O–H groups in total. The molecule has 2 aromatic rings. The molecule has 0 aliphatic carbocycles. The van der Waals surface area contributed by atoms with Crippen LogP contribution in [-0.4, -0.2) is 9.97 Å². The Labute approximate surface area is 117 Å². The molecule has 1 aromatic heterocycles. The molecule has 0 aliphatic rings. The fourth-order valence-corrected chi connectivity index (χ4v) is 2.30. The third-order valence-electron chi connectivity index (χ3n) is 3.19. The molecule has 0 bridgehead atoms. The fourth-order valence-electron chi connectivity index (χ4n) is 2.30. The van der Waals surface area contributed by atoms with Crippen LogP contribution in [0.25, 0.3) is 0 Å². The first kappa shape index (κ1) is 14.2. The summed E-state index contributed by atoms with van der Waals surface area (Å²) in [5.74, 6) is 0.238. The van der Waals surface area contributed by atoms with Crippen molar-refractivity contribution in [3.8, 4) is 0 Å². The van der Waals surface area contributed by atoms with Gasteiger partial charge >= 0.3 is 0 Å². The Morgan fingerprint density at radius 1 is 1.30 bits per heavy atom. The summed E-state index contributed by atoms with van der Waals surface area (Å²) in [6, 6.07) is 4.51. The number of halogens is 1. The highest BCUT2D eigenvalue weighted by molar-refractivity contribution is 5.49. The van der Waals surface area contributed by atoms with E-state index in [1.54, 1.807) is 26.0 Å². The molecule has 0 aliphatic heterocycles. The van der Waals surface area contributed by atoms with Gasteiger partial charge in [0.1, 0.15) is 11.6 Å². The minimum Gasteiger partial charge on any atom is -0.376 e. The van der Waals surface area contributed by atoms with Gasteiger partial charge < -0.3 is 10.3 Å². The van der Waals surface area contributed by atoms with E-state index in [0.717, 1.165) is 5.56 Å². The van der Waals surface area contributed by atoms with Gasteiger partial charge in [0.05, 0.1) is 23.0 Å². The van der Waals surface area contributed by atoms with Crippen LogP contribution in [0.1, 0.15) is 35.6 Å². The molecule has 1 heterocycles. The summed E-state index contributed by atoms with van der Waals surface area (Å²) >= 11 is 0. The number of nitrogens with zero attached hydrogens (tertiary/aromatic N) is 1. The number of aromatic nitrogens is 2. The lowest BCUT2D eigenvalue weighted by molar-refractivity contribution is 0.626. The van der Waals surface area contributed by atoms with Gasteiger partial charge in [-0.05, 0) is 45.4 Å². The third kappa shape index (κ3) is 2.87. The van der Waals surface area contributed by atoms with E-state index >= 15 is 0 Å². The molecule has 0 radical (unpaired) electrons. The zero-order valence-corrected chi connectivity index (χ0v) is 12.0. The summed E-state index contributed by atoms with van der Waals surface area (Å²) in [5, 5.41) is 3.03. The zero-order valence-electron chi connectivity index (χ0n) is 12.0. The highest BCUT2D eigenvalue weighted by atomic mass is 19.1. The van der Waals surface area contributed by atoms with Crippen molar-refractivity contribution in [1.29, 1.82) is 0 Å². The minimum absolute atomic E-state index is 0.192. The second-order valence-corrected chi connectivity index (χ2v) is 5.00. The molecule has 0 saturated carbocycles. The van der Waals surface area contributed by atoms with Crippen LogP contribution in [0.15, 0.2) is 23.0 Å². The average molecular weight is 275 g/mol. The first-order chi connectivity index (χ1) is 9.38. The predicted octanol–water partition coefficient (Wildman–Crippen LogP) is 3.01. The summed E-state index contributed by atoms with van der Waals surface area (Å²) in [4.78, 5) is 18.9. The van der Waals surface area contributed by atoms with Gasteiger partial charge in [0.15, 0.2) is 0 Å². The highest BCUT2D eigenvalue weighted by Gasteiger charge is 2.16. The monoisotopic (exact) mass is 275 g/mol. The average Bonchev–Trinajstić information content (AvgIpc) is 2.32. The number of aryl methyl sites for hydroxylation is 3. The van der Waals surface area contributed by atoms with Crippen molar-refractivity contribution < 1.29 is 4.39 Å². The first-order valence-electron chi connectivity index (χ1n) is 6.48. The van der Waals surface area contributed by atoms with Crippen molar-refractivity contribution in [3.05, 3.63) is 57.0 Å². The van der Waals surface area contributed by atoms with Gasteiger partial charge in [-0.1, -0.05) is 6.07 Å². The van der Waals surface area contributed by atoms with Gasteiger partial charge in [0.2, 0.25) is 0 Å². The lowest BCUT2D eigenvalue weighted by atomic mass is 10.1. The summed E-state index contributed by atoms with van der Waals surface area (Å²) in [5.41, 5.74) is 2.32. The van der Waals surface area contributed by atoms with Crippen molar-refractivity contribution in [2.75, 3.05) is 5.32 Å². The predicted molar refractivity (Wildman–Crippen MR) is 77.5 cm³/mol. The Bertz CT molecular complexity index is 694. The molecule has 0 amide bonds. The molecule has 106 valence electrons. The molecule has 1 unspecified atom stereocenters. The first-order valence-corrected chi connectivity index (χ1v) is 6.48. The van der Waals surface area contributed by atoms with Crippen LogP contribution in [-0.2, 0) is 0 Å². The maximum absolute atomic E-state index is 13.7. The molecule has 2 rings (SSSR count). The fraction of sp³-hybridized carbons (Fsp3) is 0.333. The standard InChI is InChI=1S/C15H18FN3O/c1-8-5-6-12(16)13(7-8)18-10(3)14-9(2)17-11(4)19-15(14)20/h5-7,10,18H,1-4H3,(H,17,19,20). The van der Waals surface area contributed by atoms with Crippen molar-refractivity contribution in [1.82, 2.24) is 9.97 Å². The summed E-state index contributed by atoms with van der Waals surface area (Å²) in [6.07, 6.45) is 0. The third-order valence-corrected chi connectivity index (χ3v) is 3.19. The van der Waals surface area contributed by atoms with Crippen molar-refractivity contribution in [2.45, 2.75) is 33.7 Å².